The maximum absolute atomic E-state index is 12.9. The zero-order valence-corrected chi connectivity index (χ0v) is 15.4. The Bertz CT molecular complexity index is 854. The van der Waals surface area contributed by atoms with Crippen LogP contribution in [0, 0.1) is 0 Å². The lowest BCUT2D eigenvalue weighted by atomic mass is 10.0. The molecule has 0 saturated heterocycles. The number of amides is 1. The van der Waals surface area contributed by atoms with Crippen molar-refractivity contribution >= 4 is 11.9 Å². The lowest BCUT2D eigenvalue weighted by molar-refractivity contribution is -0.138. The van der Waals surface area contributed by atoms with Crippen LogP contribution in [-0.2, 0) is 11.3 Å². The molecule has 0 aliphatic carbocycles. The normalized spacial score (nSPS) is 13.9. The highest BCUT2D eigenvalue weighted by molar-refractivity contribution is 5.98. The molecule has 1 amide bonds. The number of carbonyl (C=O) groups is 2. The van der Waals surface area contributed by atoms with E-state index in [2.05, 4.69) is 0 Å². The standard InChI is InChI=1S/C20H21NO6/c1-25-16-8-13(9-17(26-2)19(16)27-3)15(10-18(22)23)21-11-12-6-4-5-7-14(12)20(21)24/h4-9,15H,10-11H2,1-3H3,(H,22,23)/t15-/m0/s1. The zero-order chi connectivity index (χ0) is 19.6. The van der Waals surface area contributed by atoms with Crippen LogP contribution in [0.3, 0.4) is 0 Å². The second-order valence-electron chi connectivity index (χ2n) is 6.16. The Balaban J connectivity index is 2.07. The van der Waals surface area contributed by atoms with E-state index in [1.807, 2.05) is 12.1 Å². The molecule has 142 valence electrons. The first-order chi connectivity index (χ1) is 13.0. The highest BCUT2D eigenvalue weighted by Crippen LogP contribution is 2.42. The molecule has 1 aliphatic heterocycles. The van der Waals surface area contributed by atoms with Crippen molar-refractivity contribution in [2.75, 3.05) is 21.3 Å². The maximum Gasteiger partial charge on any atom is 0.305 e. The Morgan fingerprint density at radius 3 is 2.26 bits per heavy atom. The third-order valence-electron chi connectivity index (χ3n) is 4.67. The van der Waals surface area contributed by atoms with Crippen LogP contribution in [0.1, 0.15) is 33.9 Å². The molecule has 0 unspecified atom stereocenters. The fraction of sp³-hybridized carbons (Fsp3) is 0.300. The van der Waals surface area contributed by atoms with E-state index in [4.69, 9.17) is 14.2 Å². The first-order valence-electron chi connectivity index (χ1n) is 8.40. The van der Waals surface area contributed by atoms with Crippen molar-refractivity contribution in [3.8, 4) is 17.2 Å². The van der Waals surface area contributed by atoms with Gasteiger partial charge in [-0.25, -0.2) is 0 Å². The minimum Gasteiger partial charge on any atom is -0.493 e. The summed E-state index contributed by atoms with van der Waals surface area (Å²) in [6.45, 7) is 0.351. The first kappa shape index (κ1) is 18.6. The topological polar surface area (TPSA) is 85.3 Å². The van der Waals surface area contributed by atoms with Crippen molar-refractivity contribution in [1.29, 1.82) is 0 Å². The summed E-state index contributed by atoms with van der Waals surface area (Å²) in [5, 5.41) is 9.44. The highest BCUT2D eigenvalue weighted by atomic mass is 16.5. The SMILES string of the molecule is COc1cc([C@H](CC(=O)O)N2Cc3ccccc3C2=O)cc(OC)c1OC. The van der Waals surface area contributed by atoms with Gasteiger partial charge in [-0.2, -0.15) is 0 Å². The van der Waals surface area contributed by atoms with Gasteiger partial charge in [0.2, 0.25) is 5.75 Å². The van der Waals surface area contributed by atoms with E-state index >= 15 is 0 Å². The molecule has 1 atom stereocenters. The number of nitrogens with zero attached hydrogens (tertiary/aromatic N) is 1. The Morgan fingerprint density at radius 1 is 1.11 bits per heavy atom. The molecular formula is C20H21NO6. The summed E-state index contributed by atoms with van der Waals surface area (Å²) < 4.78 is 16.1. The van der Waals surface area contributed by atoms with E-state index in [1.165, 1.54) is 21.3 Å². The molecule has 0 saturated carbocycles. The van der Waals surface area contributed by atoms with Crippen molar-refractivity contribution < 1.29 is 28.9 Å². The van der Waals surface area contributed by atoms with Crippen LogP contribution in [0.2, 0.25) is 0 Å². The van der Waals surface area contributed by atoms with Crippen LogP contribution in [0.15, 0.2) is 36.4 Å². The van der Waals surface area contributed by atoms with Crippen molar-refractivity contribution in [1.82, 2.24) is 4.90 Å². The summed E-state index contributed by atoms with van der Waals surface area (Å²) in [6, 6.07) is 9.99. The maximum atomic E-state index is 12.9. The molecule has 0 radical (unpaired) electrons. The third-order valence-corrected chi connectivity index (χ3v) is 4.67. The summed E-state index contributed by atoms with van der Waals surface area (Å²) in [7, 11) is 4.48. The largest absolute Gasteiger partial charge is 0.493 e. The lowest BCUT2D eigenvalue weighted by Gasteiger charge is -2.28. The van der Waals surface area contributed by atoms with E-state index in [-0.39, 0.29) is 12.3 Å². The average molecular weight is 371 g/mol. The first-order valence-corrected chi connectivity index (χ1v) is 8.40. The molecule has 3 rings (SSSR count). The van der Waals surface area contributed by atoms with E-state index in [9.17, 15) is 14.7 Å². The zero-order valence-electron chi connectivity index (χ0n) is 15.4. The molecule has 1 heterocycles. The quantitative estimate of drug-likeness (QED) is 0.806. The Kier molecular flexibility index (Phi) is 5.21. The van der Waals surface area contributed by atoms with Gasteiger partial charge in [-0.05, 0) is 29.3 Å². The molecule has 1 aliphatic rings. The van der Waals surface area contributed by atoms with Gasteiger partial charge in [0.05, 0.1) is 33.8 Å². The Hall–Kier alpha value is -3.22. The van der Waals surface area contributed by atoms with Crippen LogP contribution in [0.4, 0.5) is 0 Å². The van der Waals surface area contributed by atoms with Gasteiger partial charge in [0.25, 0.3) is 5.91 Å². The second kappa shape index (κ2) is 7.57. The Labute approximate surface area is 157 Å². The number of hydrogen-bond donors (Lipinski definition) is 1. The lowest BCUT2D eigenvalue weighted by Crippen LogP contribution is -2.31. The molecule has 27 heavy (non-hydrogen) atoms. The minimum absolute atomic E-state index is 0.189. The van der Waals surface area contributed by atoms with Crippen molar-refractivity contribution in [2.24, 2.45) is 0 Å². The van der Waals surface area contributed by atoms with Gasteiger partial charge in [0.1, 0.15) is 0 Å². The predicted octanol–water partition coefficient (Wildman–Crippen LogP) is 2.88. The summed E-state index contributed by atoms with van der Waals surface area (Å²) >= 11 is 0. The fourth-order valence-corrected chi connectivity index (χ4v) is 3.40. The number of rotatable bonds is 7. The van der Waals surface area contributed by atoms with Crippen LogP contribution < -0.4 is 14.2 Å². The fourth-order valence-electron chi connectivity index (χ4n) is 3.40. The van der Waals surface area contributed by atoms with Gasteiger partial charge in [0, 0.05) is 12.1 Å². The number of benzene rings is 2. The van der Waals surface area contributed by atoms with E-state index in [0.29, 0.717) is 34.9 Å². The summed E-state index contributed by atoms with van der Waals surface area (Å²) in [6.07, 6.45) is -0.238. The van der Waals surface area contributed by atoms with Crippen LogP contribution in [0.25, 0.3) is 0 Å². The molecule has 7 nitrogen and oxygen atoms in total. The smallest absolute Gasteiger partial charge is 0.305 e. The summed E-state index contributed by atoms with van der Waals surface area (Å²) in [5.41, 5.74) is 2.08. The molecule has 0 fully saturated rings. The molecule has 0 aromatic heterocycles. The van der Waals surface area contributed by atoms with Gasteiger partial charge in [-0.15, -0.1) is 0 Å². The van der Waals surface area contributed by atoms with Gasteiger partial charge < -0.3 is 24.2 Å². The van der Waals surface area contributed by atoms with Gasteiger partial charge >= 0.3 is 5.97 Å². The monoisotopic (exact) mass is 371 g/mol. The number of hydrogen-bond acceptors (Lipinski definition) is 5. The van der Waals surface area contributed by atoms with E-state index in [1.54, 1.807) is 29.2 Å². The van der Waals surface area contributed by atoms with E-state index < -0.39 is 12.0 Å². The predicted molar refractivity (Wildman–Crippen MR) is 97.4 cm³/mol. The molecule has 7 heteroatoms. The van der Waals surface area contributed by atoms with Crippen LogP contribution >= 0.6 is 0 Å². The molecular weight excluding hydrogens is 350 g/mol. The molecule has 2 aromatic carbocycles. The third kappa shape index (κ3) is 3.40. The van der Waals surface area contributed by atoms with Crippen LogP contribution in [0.5, 0.6) is 17.2 Å². The number of carbonyl (C=O) groups excluding carboxylic acids is 1. The average Bonchev–Trinajstić information content (AvgIpc) is 3.01. The van der Waals surface area contributed by atoms with Crippen molar-refractivity contribution in [2.45, 2.75) is 19.0 Å². The van der Waals surface area contributed by atoms with Gasteiger partial charge in [0.15, 0.2) is 11.5 Å². The van der Waals surface area contributed by atoms with E-state index in [0.717, 1.165) is 5.56 Å². The molecule has 0 spiro atoms. The summed E-state index contributed by atoms with van der Waals surface area (Å²) in [5.74, 6) is 0.0368. The molecule has 2 aromatic rings. The molecule has 0 bridgehead atoms. The number of carboxylic acid groups (broad SMARTS) is 1. The molecule has 1 N–H and O–H groups in total. The number of carboxylic acids is 1. The van der Waals surface area contributed by atoms with Crippen molar-refractivity contribution in [3.63, 3.8) is 0 Å². The van der Waals surface area contributed by atoms with Crippen molar-refractivity contribution in [3.05, 3.63) is 53.1 Å². The Morgan fingerprint density at radius 2 is 1.74 bits per heavy atom. The number of ether oxygens (including phenoxy) is 3. The number of methoxy groups -OCH3 is 3. The van der Waals surface area contributed by atoms with Gasteiger partial charge in [-0.1, -0.05) is 18.2 Å². The number of fused-ring (bicyclic) bond motifs is 1. The minimum atomic E-state index is -1.00. The number of aliphatic carboxylic acids is 1. The second-order valence-corrected chi connectivity index (χ2v) is 6.16. The van der Waals surface area contributed by atoms with Crippen LogP contribution in [-0.4, -0.2) is 43.2 Å². The summed E-state index contributed by atoms with van der Waals surface area (Å²) in [4.78, 5) is 26.0. The highest BCUT2D eigenvalue weighted by Gasteiger charge is 2.35. The van der Waals surface area contributed by atoms with Gasteiger partial charge in [-0.3, -0.25) is 9.59 Å².